The van der Waals surface area contributed by atoms with Gasteiger partial charge in [0.15, 0.2) is 0 Å². The van der Waals surface area contributed by atoms with E-state index in [2.05, 4.69) is 32.9 Å². The van der Waals surface area contributed by atoms with Gasteiger partial charge in [-0.25, -0.2) is 0 Å². The van der Waals surface area contributed by atoms with E-state index in [1.807, 2.05) is 7.05 Å². The van der Waals surface area contributed by atoms with Crippen LogP contribution in [0.5, 0.6) is 0 Å². The number of hydrogen-bond acceptors (Lipinski definition) is 2. The molecule has 3 heteroatoms. The number of hydrogen-bond donors (Lipinski definition) is 1. The van der Waals surface area contributed by atoms with Gasteiger partial charge < -0.3 is 5.32 Å². The van der Waals surface area contributed by atoms with Gasteiger partial charge >= 0.3 is 0 Å². The quantitative estimate of drug-likeness (QED) is 0.554. The van der Waals surface area contributed by atoms with E-state index in [1.54, 1.807) is 0 Å². The second kappa shape index (κ2) is 4.16. The molecule has 1 rings (SSSR count). The van der Waals surface area contributed by atoms with Crippen molar-refractivity contribution >= 4 is 28.4 Å². The number of aliphatic imine (C=N–C) groups is 1. The first-order valence-electron chi connectivity index (χ1n) is 3.66. The van der Waals surface area contributed by atoms with E-state index in [9.17, 15) is 0 Å². The van der Waals surface area contributed by atoms with Crippen LogP contribution in [-0.4, -0.2) is 23.9 Å². The van der Waals surface area contributed by atoms with Crippen LogP contribution in [0.15, 0.2) is 4.99 Å². The van der Waals surface area contributed by atoms with Gasteiger partial charge in [-0.1, -0.05) is 22.6 Å². The lowest BCUT2D eigenvalue weighted by Crippen LogP contribution is -2.31. The van der Waals surface area contributed by atoms with Gasteiger partial charge in [-0.2, -0.15) is 0 Å². The van der Waals surface area contributed by atoms with E-state index < -0.39 is 0 Å². The molecule has 0 aromatic carbocycles. The van der Waals surface area contributed by atoms with Crippen LogP contribution < -0.4 is 5.32 Å². The molecule has 1 aliphatic heterocycles. The molecule has 2 nitrogen and oxygen atoms in total. The second-order valence-corrected chi connectivity index (χ2v) is 3.39. The van der Waals surface area contributed by atoms with Crippen molar-refractivity contribution in [1.29, 1.82) is 0 Å². The summed E-state index contributed by atoms with van der Waals surface area (Å²) in [5, 5.41) is 3.15. The molecule has 0 saturated carbocycles. The highest BCUT2D eigenvalue weighted by atomic mass is 127. The molecule has 1 N–H and O–H groups in total. The summed E-state index contributed by atoms with van der Waals surface area (Å²) in [6.07, 6.45) is 2.57. The highest BCUT2D eigenvalue weighted by molar-refractivity contribution is 14.1. The molecular formula is C7H13IN2. The second-order valence-electron chi connectivity index (χ2n) is 2.51. The van der Waals surface area contributed by atoms with Crippen molar-refractivity contribution in [2.45, 2.75) is 12.8 Å². The van der Waals surface area contributed by atoms with Crippen molar-refractivity contribution in [3.05, 3.63) is 0 Å². The minimum absolute atomic E-state index is 0.694. The van der Waals surface area contributed by atoms with Crippen molar-refractivity contribution in [3.8, 4) is 0 Å². The minimum Gasteiger partial charge on any atom is -0.377 e. The molecule has 1 aliphatic rings. The van der Waals surface area contributed by atoms with Crippen molar-refractivity contribution < 1.29 is 0 Å². The molecule has 0 spiro atoms. The SMILES string of the molecule is CNC1=NCCCC1CI. The Morgan fingerprint density at radius 2 is 2.60 bits per heavy atom. The third-order valence-electron chi connectivity index (χ3n) is 1.82. The number of alkyl halides is 1. The molecule has 0 saturated heterocycles. The van der Waals surface area contributed by atoms with Gasteiger partial charge in [-0.3, -0.25) is 4.99 Å². The Labute approximate surface area is 75.6 Å². The molecule has 58 valence electrons. The van der Waals surface area contributed by atoms with Gasteiger partial charge in [0.1, 0.15) is 0 Å². The Morgan fingerprint density at radius 3 is 3.10 bits per heavy atom. The van der Waals surface area contributed by atoms with Crippen LogP contribution in [-0.2, 0) is 0 Å². The van der Waals surface area contributed by atoms with E-state index in [0.717, 1.165) is 6.54 Å². The summed E-state index contributed by atoms with van der Waals surface area (Å²) in [6, 6.07) is 0. The normalized spacial score (nSPS) is 25.8. The topological polar surface area (TPSA) is 24.4 Å². The summed E-state index contributed by atoms with van der Waals surface area (Å²) in [5.74, 6) is 1.90. The van der Waals surface area contributed by atoms with Crippen LogP contribution in [0.25, 0.3) is 0 Å². The standard InChI is InChI=1S/C7H13IN2/c1-9-7-6(5-8)3-2-4-10-7/h6H,2-5H2,1H3,(H,9,10). The van der Waals surface area contributed by atoms with E-state index in [4.69, 9.17) is 0 Å². The predicted octanol–water partition coefficient (Wildman–Crippen LogP) is 1.45. The highest BCUT2D eigenvalue weighted by Gasteiger charge is 2.15. The van der Waals surface area contributed by atoms with Crippen LogP contribution in [0, 0.1) is 5.92 Å². The molecular weight excluding hydrogens is 239 g/mol. The summed E-state index contributed by atoms with van der Waals surface area (Å²) >= 11 is 2.42. The van der Waals surface area contributed by atoms with Crippen LogP contribution in [0.3, 0.4) is 0 Å². The van der Waals surface area contributed by atoms with Crippen LogP contribution >= 0.6 is 22.6 Å². The van der Waals surface area contributed by atoms with Crippen molar-refractivity contribution in [3.63, 3.8) is 0 Å². The van der Waals surface area contributed by atoms with Crippen LogP contribution in [0.1, 0.15) is 12.8 Å². The summed E-state index contributed by atoms with van der Waals surface area (Å²) in [5.41, 5.74) is 0. The Kier molecular flexibility index (Phi) is 3.45. The number of amidine groups is 1. The minimum atomic E-state index is 0.694. The Bertz CT molecular complexity index is 134. The highest BCUT2D eigenvalue weighted by Crippen LogP contribution is 2.15. The van der Waals surface area contributed by atoms with E-state index >= 15 is 0 Å². The van der Waals surface area contributed by atoms with Crippen molar-refractivity contribution in [2.75, 3.05) is 18.0 Å². The Hall–Kier alpha value is 0.200. The molecule has 0 aromatic heterocycles. The first-order valence-corrected chi connectivity index (χ1v) is 5.19. The van der Waals surface area contributed by atoms with Crippen LogP contribution in [0.4, 0.5) is 0 Å². The summed E-state index contributed by atoms with van der Waals surface area (Å²) in [7, 11) is 1.96. The molecule has 0 radical (unpaired) electrons. The predicted molar refractivity (Wildman–Crippen MR) is 53.0 cm³/mol. The van der Waals surface area contributed by atoms with Crippen LogP contribution in [0.2, 0.25) is 0 Å². The maximum absolute atomic E-state index is 4.40. The molecule has 0 fully saturated rings. The van der Waals surface area contributed by atoms with Crippen molar-refractivity contribution in [1.82, 2.24) is 5.32 Å². The van der Waals surface area contributed by atoms with E-state index in [0.29, 0.717) is 5.92 Å². The fourth-order valence-electron chi connectivity index (χ4n) is 1.24. The first-order chi connectivity index (χ1) is 4.88. The molecule has 10 heavy (non-hydrogen) atoms. The number of nitrogens with zero attached hydrogens (tertiary/aromatic N) is 1. The maximum Gasteiger partial charge on any atom is 0.0999 e. The lowest BCUT2D eigenvalue weighted by Gasteiger charge is -2.20. The van der Waals surface area contributed by atoms with E-state index in [1.165, 1.54) is 23.1 Å². The Morgan fingerprint density at radius 1 is 1.80 bits per heavy atom. The van der Waals surface area contributed by atoms with Gasteiger partial charge in [0.2, 0.25) is 0 Å². The summed E-state index contributed by atoms with van der Waals surface area (Å²) in [6.45, 7) is 1.02. The monoisotopic (exact) mass is 252 g/mol. The Balaban J connectivity index is 2.53. The number of rotatable bonds is 1. The summed E-state index contributed by atoms with van der Waals surface area (Å²) in [4.78, 5) is 4.40. The fourth-order valence-corrected chi connectivity index (χ4v) is 2.09. The van der Waals surface area contributed by atoms with Gasteiger partial charge in [0, 0.05) is 23.9 Å². The molecule has 0 aliphatic carbocycles. The first kappa shape index (κ1) is 8.30. The lowest BCUT2D eigenvalue weighted by atomic mass is 10.0. The van der Waals surface area contributed by atoms with Gasteiger partial charge in [-0.15, -0.1) is 0 Å². The zero-order valence-electron chi connectivity index (χ0n) is 6.23. The fraction of sp³-hybridized carbons (Fsp3) is 0.857. The van der Waals surface area contributed by atoms with Gasteiger partial charge in [-0.05, 0) is 12.8 Å². The molecule has 0 amide bonds. The maximum atomic E-state index is 4.40. The van der Waals surface area contributed by atoms with Gasteiger partial charge in [0.25, 0.3) is 0 Å². The summed E-state index contributed by atoms with van der Waals surface area (Å²) < 4.78 is 1.19. The number of halogens is 1. The zero-order valence-corrected chi connectivity index (χ0v) is 8.39. The third-order valence-corrected chi connectivity index (χ3v) is 2.89. The lowest BCUT2D eigenvalue weighted by molar-refractivity contribution is 0.605. The average Bonchev–Trinajstić information content (AvgIpc) is 2.04. The average molecular weight is 252 g/mol. The molecule has 0 bridgehead atoms. The zero-order chi connectivity index (χ0) is 7.40. The molecule has 1 unspecified atom stereocenters. The third kappa shape index (κ3) is 1.84. The molecule has 0 aromatic rings. The van der Waals surface area contributed by atoms with Gasteiger partial charge in [0.05, 0.1) is 5.84 Å². The smallest absolute Gasteiger partial charge is 0.0999 e. The largest absolute Gasteiger partial charge is 0.377 e. The number of nitrogens with one attached hydrogen (secondary N) is 1. The molecule has 1 atom stereocenters. The van der Waals surface area contributed by atoms with Crippen molar-refractivity contribution in [2.24, 2.45) is 10.9 Å². The van der Waals surface area contributed by atoms with E-state index in [-0.39, 0.29) is 0 Å². The molecule has 1 heterocycles.